The summed E-state index contributed by atoms with van der Waals surface area (Å²) in [5, 5.41) is 9.75. The largest absolute Gasteiger partial charge is 0.461 e. The predicted molar refractivity (Wildman–Crippen MR) is 121 cm³/mol. The van der Waals surface area contributed by atoms with Gasteiger partial charge in [0.15, 0.2) is 0 Å². The Kier molecular flexibility index (Phi) is 7.12. The molecule has 30 heavy (non-hydrogen) atoms. The quantitative estimate of drug-likeness (QED) is 0.602. The highest BCUT2D eigenvalue weighted by atomic mass is 79.9. The van der Waals surface area contributed by atoms with Gasteiger partial charge >= 0.3 is 5.97 Å². The second kappa shape index (κ2) is 9.26. The van der Waals surface area contributed by atoms with Gasteiger partial charge in [0.05, 0.1) is 23.1 Å². The van der Waals surface area contributed by atoms with Gasteiger partial charge in [-0.25, -0.2) is 18.3 Å². The number of aliphatic hydroxyl groups excluding tert-OH is 1. The van der Waals surface area contributed by atoms with Crippen LogP contribution in [0.3, 0.4) is 0 Å². The minimum absolute atomic E-state index is 0.0422. The normalized spacial score (nSPS) is 17.6. The van der Waals surface area contributed by atoms with E-state index in [1.807, 2.05) is 49.3 Å². The highest BCUT2D eigenvalue weighted by Gasteiger charge is 2.40. The number of aliphatic hydroxyl groups is 1. The van der Waals surface area contributed by atoms with Crippen LogP contribution in [-0.2, 0) is 22.3 Å². The van der Waals surface area contributed by atoms with Crippen molar-refractivity contribution in [3.05, 3.63) is 51.6 Å². The maximum absolute atomic E-state index is 13.3. The number of hydrogen-bond donors (Lipinski definition) is 1. The number of esters is 1. The average molecular weight is 495 g/mol. The van der Waals surface area contributed by atoms with Gasteiger partial charge in [-0.15, -0.1) is 0 Å². The fraction of sp³-hybridized carbons (Fsp3) is 0.455. The van der Waals surface area contributed by atoms with Crippen LogP contribution in [0.4, 0.5) is 0 Å². The third-order valence-corrected chi connectivity index (χ3v) is 7.22. The molecule has 2 aromatic rings. The summed E-state index contributed by atoms with van der Waals surface area (Å²) in [6.07, 6.45) is 0.427. The van der Waals surface area contributed by atoms with E-state index in [-0.39, 0.29) is 24.9 Å². The molecule has 8 heteroatoms. The molecule has 0 radical (unpaired) electrons. The van der Waals surface area contributed by atoms with E-state index < -0.39 is 21.7 Å². The molecule has 0 unspecified atom stereocenters. The molecule has 2 heterocycles. The minimum Gasteiger partial charge on any atom is -0.461 e. The Bertz CT molecular complexity index is 974. The van der Waals surface area contributed by atoms with Crippen LogP contribution in [0, 0.1) is 0 Å². The average Bonchev–Trinajstić information content (AvgIpc) is 3.04. The predicted octanol–water partition coefficient (Wildman–Crippen LogP) is 4.39. The Morgan fingerprint density at radius 1 is 1.37 bits per heavy atom. The molecule has 1 aromatic heterocycles. The number of rotatable bonds is 6. The van der Waals surface area contributed by atoms with Crippen LogP contribution < -0.4 is 0 Å². The molecule has 1 aliphatic rings. The van der Waals surface area contributed by atoms with Crippen molar-refractivity contribution in [3.63, 3.8) is 0 Å². The van der Waals surface area contributed by atoms with Crippen LogP contribution >= 0.6 is 15.9 Å². The SMILES string of the molecule is CCOC(=O)c1cc2c(c(-c3cccc(Br)c3)n1)[C@H](CCO)N([S@@](=O)C(C)(C)C)C2. The van der Waals surface area contributed by atoms with Crippen LogP contribution in [0.1, 0.15) is 61.8 Å². The van der Waals surface area contributed by atoms with E-state index in [9.17, 15) is 14.1 Å². The van der Waals surface area contributed by atoms with E-state index in [0.717, 1.165) is 21.2 Å². The molecule has 3 rings (SSSR count). The first-order valence-corrected chi connectivity index (χ1v) is 11.8. The summed E-state index contributed by atoms with van der Waals surface area (Å²) in [4.78, 5) is 17.1. The molecule has 1 N–H and O–H groups in total. The number of pyridine rings is 1. The van der Waals surface area contributed by atoms with Crippen molar-refractivity contribution in [3.8, 4) is 11.3 Å². The van der Waals surface area contributed by atoms with Gasteiger partial charge in [-0.05, 0) is 57.9 Å². The molecule has 0 amide bonds. The number of hydrogen-bond acceptors (Lipinski definition) is 5. The second-order valence-corrected chi connectivity index (χ2v) is 11.2. The van der Waals surface area contributed by atoms with Crippen molar-refractivity contribution < 1.29 is 18.8 Å². The number of ether oxygens (including phenoxy) is 1. The maximum atomic E-state index is 13.3. The van der Waals surface area contributed by atoms with Gasteiger partial charge in [0.2, 0.25) is 0 Å². The van der Waals surface area contributed by atoms with E-state index in [1.165, 1.54) is 0 Å². The number of aromatic nitrogens is 1. The van der Waals surface area contributed by atoms with Crippen molar-refractivity contribution in [1.29, 1.82) is 0 Å². The number of carbonyl (C=O) groups is 1. The van der Waals surface area contributed by atoms with Gasteiger partial charge in [-0.1, -0.05) is 28.1 Å². The van der Waals surface area contributed by atoms with Crippen molar-refractivity contribution in [1.82, 2.24) is 9.29 Å². The van der Waals surface area contributed by atoms with E-state index in [2.05, 4.69) is 20.9 Å². The summed E-state index contributed by atoms with van der Waals surface area (Å²) < 4.78 is 20.8. The van der Waals surface area contributed by atoms with Gasteiger partial charge in [0.1, 0.15) is 16.7 Å². The van der Waals surface area contributed by atoms with Crippen molar-refractivity contribution in [2.24, 2.45) is 0 Å². The second-order valence-electron chi connectivity index (χ2n) is 8.12. The lowest BCUT2D eigenvalue weighted by Crippen LogP contribution is -2.36. The molecule has 1 aliphatic heterocycles. The zero-order valence-corrected chi connectivity index (χ0v) is 20.0. The first-order valence-electron chi connectivity index (χ1n) is 9.93. The Balaban J connectivity index is 2.21. The molecule has 0 fully saturated rings. The van der Waals surface area contributed by atoms with Crippen molar-refractivity contribution >= 4 is 32.9 Å². The Morgan fingerprint density at radius 2 is 2.10 bits per heavy atom. The Hall–Kier alpha value is -1.61. The van der Waals surface area contributed by atoms with Crippen LogP contribution in [0.15, 0.2) is 34.8 Å². The summed E-state index contributed by atoms with van der Waals surface area (Å²) in [7, 11) is -1.29. The molecular weight excluding hydrogens is 468 g/mol. The summed E-state index contributed by atoms with van der Waals surface area (Å²) in [5.41, 5.74) is 3.53. The van der Waals surface area contributed by atoms with Gasteiger partial charge in [-0.3, -0.25) is 0 Å². The van der Waals surface area contributed by atoms with Gasteiger partial charge in [-0.2, -0.15) is 0 Å². The Morgan fingerprint density at radius 3 is 2.70 bits per heavy atom. The molecule has 0 aliphatic carbocycles. The third-order valence-electron chi connectivity index (χ3n) is 4.87. The lowest BCUT2D eigenvalue weighted by Gasteiger charge is -2.30. The summed E-state index contributed by atoms with van der Waals surface area (Å²) >= 11 is 3.50. The maximum Gasteiger partial charge on any atom is 0.356 e. The highest BCUT2D eigenvalue weighted by Crippen LogP contribution is 2.44. The molecule has 0 bridgehead atoms. The van der Waals surface area contributed by atoms with Gasteiger partial charge in [0.25, 0.3) is 0 Å². The van der Waals surface area contributed by atoms with Crippen LogP contribution in [0.5, 0.6) is 0 Å². The van der Waals surface area contributed by atoms with Gasteiger partial charge < -0.3 is 9.84 Å². The molecule has 0 spiro atoms. The summed E-state index contributed by atoms with van der Waals surface area (Å²) in [6, 6.07) is 9.18. The minimum atomic E-state index is -1.29. The first-order chi connectivity index (χ1) is 14.2. The number of halogens is 1. The zero-order chi connectivity index (χ0) is 22.1. The smallest absolute Gasteiger partial charge is 0.356 e. The molecule has 0 saturated carbocycles. The highest BCUT2D eigenvalue weighted by molar-refractivity contribution is 9.10. The summed E-state index contributed by atoms with van der Waals surface area (Å²) in [5.74, 6) is -0.481. The van der Waals surface area contributed by atoms with E-state index >= 15 is 0 Å². The first kappa shape index (κ1) is 23.1. The van der Waals surface area contributed by atoms with Gasteiger partial charge in [0, 0.05) is 28.8 Å². The van der Waals surface area contributed by atoms with Crippen LogP contribution in [0.25, 0.3) is 11.3 Å². The number of carbonyl (C=O) groups excluding carboxylic acids is 1. The molecular formula is C22H27BrN2O4S. The van der Waals surface area contributed by atoms with E-state index in [1.54, 1.807) is 13.0 Å². The number of benzene rings is 1. The van der Waals surface area contributed by atoms with Crippen molar-refractivity contribution in [2.45, 2.75) is 51.4 Å². The Labute approximate surface area is 188 Å². The lowest BCUT2D eigenvalue weighted by atomic mass is 9.96. The fourth-order valence-electron chi connectivity index (χ4n) is 3.63. The molecule has 2 atom stereocenters. The molecule has 1 aromatic carbocycles. The standard InChI is InChI=1S/C22H27BrN2O4S/c1-5-29-21(27)17-12-15-13-25(30(28)22(2,3)4)18(9-10-26)19(15)20(24-17)14-7-6-8-16(23)11-14/h6-8,11-12,18,26H,5,9-10,13H2,1-4H3/t18-,30-/m0/s1. The van der Waals surface area contributed by atoms with Crippen molar-refractivity contribution in [2.75, 3.05) is 13.2 Å². The van der Waals surface area contributed by atoms with E-state index in [4.69, 9.17) is 4.74 Å². The number of fused-ring (bicyclic) bond motifs is 1. The number of nitrogens with zero attached hydrogens (tertiary/aromatic N) is 2. The van der Waals surface area contributed by atoms with Crippen LogP contribution in [0.2, 0.25) is 0 Å². The summed E-state index contributed by atoms with van der Waals surface area (Å²) in [6.45, 7) is 8.18. The molecule has 6 nitrogen and oxygen atoms in total. The monoisotopic (exact) mass is 494 g/mol. The fourth-order valence-corrected chi connectivity index (χ4v) is 5.44. The topological polar surface area (TPSA) is 79.7 Å². The lowest BCUT2D eigenvalue weighted by molar-refractivity contribution is 0.0519. The zero-order valence-electron chi connectivity index (χ0n) is 17.6. The third kappa shape index (κ3) is 4.66. The molecule has 162 valence electrons. The van der Waals surface area contributed by atoms with Crippen LogP contribution in [-0.4, -0.2) is 42.5 Å². The van der Waals surface area contributed by atoms with E-state index in [0.29, 0.717) is 18.7 Å². The molecule has 0 saturated heterocycles.